The standard InChI is InChI=1S/C21H26N2O3/c1-16-9-11-18(12-10-16)20(24)23-19(15-17-7-4-3-5-8-17)21(25)22-13-6-14-26-2/h3-5,7-12,19H,6,13-15H2,1-2H3,(H,22,25)(H,23,24)/t19-/m0/s1. The van der Waals surface area contributed by atoms with Gasteiger partial charge in [0.25, 0.3) is 5.91 Å². The second-order valence-corrected chi connectivity index (χ2v) is 6.22. The van der Waals surface area contributed by atoms with Gasteiger partial charge in [-0.2, -0.15) is 0 Å². The summed E-state index contributed by atoms with van der Waals surface area (Å²) in [6, 6.07) is 16.3. The average molecular weight is 354 g/mol. The Morgan fingerprint density at radius 3 is 2.38 bits per heavy atom. The Labute approximate surface area is 154 Å². The molecule has 138 valence electrons. The van der Waals surface area contributed by atoms with Crippen molar-refractivity contribution in [2.45, 2.75) is 25.8 Å². The van der Waals surface area contributed by atoms with E-state index in [2.05, 4.69) is 10.6 Å². The summed E-state index contributed by atoms with van der Waals surface area (Å²) < 4.78 is 4.99. The Morgan fingerprint density at radius 2 is 1.73 bits per heavy atom. The molecule has 1 atom stereocenters. The molecule has 2 aromatic carbocycles. The number of aryl methyl sites for hydroxylation is 1. The molecule has 26 heavy (non-hydrogen) atoms. The average Bonchev–Trinajstić information content (AvgIpc) is 2.66. The maximum absolute atomic E-state index is 12.6. The van der Waals surface area contributed by atoms with Crippen LogP contribution in [0.4, 0.5) is 0 Å². The number of carbonyl (C=O) groups is 2. The molecule has 2 rings (SSSR count). The van der Waals surface area contributed by atoms with Crippen LogP contribution in [0.15, 0.2) is 54.6 Å². The van der Waals surface area contributed by atoms with Gasteiger partial charge >= 0.3 is 0 Å². The predicted octanol–water partition coefficient (Wildman–Crippen LogP) is 2.49. The quantitative estimate of drug-likeness (QED) is 0.680. The fourth-order valence-corrected chi connectivity index (χ4v) is 2.56. The van der Waals surface area contributed by atoms with Gasteiger partial charge in [-0.1, -0.05) is 48.0 Å². The highest BCUT2D eigenvalue weighted by atomic mass is 16.5. The van der Waals surface area contributed by atoms with Gasteiger partial charge in [-0.25, -0.2) is 0 Å². The summed E-state index contributed by atoms with van der Waals surface area (Å²) in [6.45, 7) is 3.06. The second kappa shape index (κ2) is 10.4. The normalized spacial score (nSPS) is 11.6. The molecule has 0 saturated carbocycles. The number of nitrogens with one attached hydrogen (secondary N) is 2. The molecular formula is C21H26N2O3. The van der Waals surface area contributed by atoms with E-state index in [-0.39, 0.29) is 11.8 Å². The number of ether oxygens (including phenoxy) is 1. The van der Waals surface area contributed by atoms with E-state index >= 15 is 0 Å². The van der Waals surface area contributed by atoms with Crippen molar-refractivity contribution in [1.82, 2.24) is 10.6 Å². The lowest BCUT2D eigenvalue weighted by atomic mass is 10.0. The Kier molecular flexibility index (Phi) is 7.83. The minimum Gasteiger partial charge on any atom is -0.385 e. The smallest absolute Gasteiger partial charge is 0.251 e. The zero-order chi connectivity index (χ0) is 18.8. The van der Waals surface area contributed by atoms with Gasteiger partial charge in [-0.15, -0.1) is 0 Å². The number of benzene rings is 2. The summed E-state index contributed by atoms with van der Waals surface area (Å²) in [5.74, 6) is -0.441. The van der Waals surface area contributed by atoms with Crippen LogP contribution in [0.2, 0.25) is 0 Å². The van der Waals surface area contributed by atoms with Crippen molar-refractivity contribution in [2.24, 2.45) is 0 Å². The van der Waals surface area contributed by atoms with E-state index in [1.54, 1.807) is 19.2 Å². The zero-order valence-corrected chi connectivity index (χ0v) is 15.3. The third-order valence-corrected chi connectivity index (χ3v) is 4.04. The number of rotatable bonds is 9. The molecule has 0 aromatic heterocycles. The molecule has 0 aliphatic rings. The minimum absolute atomic E-state index is 0.189. The first-order chi connectivity index (χ1) is 12.6. The van der Waals surface area contributed by atoms with Gasteiger partial charge in [-0.05, 0) is 31.0 Å². The molecule has 2 amide bonds. The van der Waals surface area contributed by atoms with Crippen molar-refractivity contribution in [3.8, 4) is 0 Å². The SMILES string of the molecule is COCCCNC(=O)[C@H](Cc1ccccc1)NC(=O)c1ccc(C)cc1. The Bertz CT molecular complexity index is 699. The van der Waals surface area contributed by atoms with Crippen LogP contribution in [0.3, 0.4) is 0 Å². The van der Waals surface area contributed by atoms with Gasteiger partial charge in [0.1, 0.15) is 6.04 Å². The largest absolute Gasteiger partial charge is 0.385 e. The van der Waals surface area contributed by atoms with E-state index < -0.39 is 6.04 Å². The van der Waals surface area contributed by atoms with Gasteiger partial charge < -0.3 is 15.4 Å². The first kappa shape index (κ1) is 19.7. The molecule has 5 nitrogen and oxygen atoms in total. The number of methoxy groups -OCH3 is 1. The molecule has 0 saturated heterocycles. The predicted molar refractivity (Wildman–Crippen MR) is 102 cm³/mol. The van der Waals surface area contributed by atoms with Gasteiger partial charge in [0.2, 0.25) is 5.91 Å². The van der Waals surface area contributed by atoms with Gasteiger partial charge in [0, 0.05) is 32.2 Å². The lowest BCUT2D eigenvalue weighted by Gasteiger charge is -2.19. The van der Waals surface area contributed by atoms with Crippen LogP contribution in [0.5, 0.6) is 0 Å². The van der Waals surface area contributed by atoms with Crippen molar-refractivity contribution >= 4 is 11.8 Å². The van der Waals surface area contributed by atoms with Crippen molar-refractivity contribution in [1.29, 1.82) is 0 Å². The maximum atomic E-state index is 12.6. The molecule has 0 aliphatic heterocycles. The Balaban J connectivity index is 2.05. The zero-order valence-electron chi connectivity index (χ0n) is 15.3. The molecular weight excluding hydrogens is 328 g/mol. The molecule has 0 bridgehead atoms. The number of hydrogen-bond acceptors (Lipinski definition) is 3. The number of amides is 2. The summed E-state index contributed by atoms with van der Waals surface area (Å²) >= 11 is 0. The third kappa shape index (κ3) is 6.33. The number of hydrogen-bond donors (Lipinski definition) is 2. The van der Waals surface area contributed by atoms with E-state index in [0.29, 0.717) is 25.1 Å². The van der Waals surface area contributed by atoms with Crippen LogP contribution < -0.4 is 10.6 Å². The van der Waals surface area contributed by atoms with Crippen LogP contribution in [-0.2, 0) is 16.0 Å². The van der Waals surface area contributed by atoms with Crippen LogP contribution in [0.1, 0.15) is 27.9 Å². The Hall–Kier alpha value is -2.66. The van der Waals surface area contributed by atoms with Crippen LogP contribution in [0, 0.1) is 6.92 Å². The fraction of sp³-hybridized carbons (Fsp3) is 0.333. The summed E-state index contributed by atoms with van der Waals surface area (Å²) in [6.07, 6.45) is 1.17. The van der Waals surface area contributed by atoms with Gasteiger partial charge in [0.05, 0.1) is 0 Å². The monoisotopic (exact) mass is 354 g/mol. The molecule has 5 heteroatoms. The van der Waals surface area contributed by atoms with E-state index in [1.165, 1.54) is 0 Å². The van der Waals surface area contributed by atoms with E-state index in [9.17, 15) is 9.59 Å². The van der Waals surface area contributed by atoms with Crippen LogP contribution in [-0.4, -0.2) is 38.1 Å². The van der Waals surface area contributed by atoms with Crippen LogP contribution in [0.25, 0.3) is 0 Å². The highest BCUT2D eigenvalue weighted by molar-refractivity contribution is 5.97. The highest BCUT2D eigenvalue weighted by Gasteiger charge is 2.21. The van der Waals surface area contributed by atoms with E-state index in [4.69, 9.17) is 4.74 Å². The Morgan fingerprint density at radius 1 is 1.04 bits per heavy atom. The molecule has 2 aromatic rings. The summed E-state index contributed by atoms with van der Waals surface area (Å²) in [5.41, 5.74) is 2.62. The lowest BCUT2D eigenvalue weighted by Crippen LogP contribution is -2.48. The topological polar surface area (TPSA) is 67.4 Å². The fourth-order valence-electron chi connectivity index (χ4n) is 2.56. The molecule has 0 heterocycles. The molecule has 0 spiro atoms. The van der Waals surface area contributed by atoms with Crippen molar-refractivity contribution < 1.29 is 14.3 Å². The number of carbonyl (C=O) groups excluding carboxylic acids is 2. The van der Waals surface area contributed by atoms with E-state index in [0.717, 1.165) is 17.5 Å². The molecule has 0 fully saturated rings. The molecule has 0 unspecified atom stereocenters. The maximum Gasteiger partial charge on any atom is 0.251 e. The highest BCUT2D eigenvalue weighted by Crippen LogP contribution is 2.07. The van der Waals surface area contributed by atoms with Crippen molar-refractivity contribution in [3.63, 3.8) is 0 Å². The first-order valence-corrected chi connectivity index (χ1v) is 8.78. The van der Waals surface area contributed by atoms with E-state index in [1.807, 2.05) is 49.4 Å². The summed E-state index contributed by atoms with van der Waals surface area (Å²) in [4.78, 5) is 25.1. The summed E-state index contributed by atoms with van der Waals surface area (Å²) in [5, 5.41) is 5.73. The van der Waals surface area contributed by atoms with Gasteiger partial charge in [0.15, 0.2) is 0 Å². The summed E-state index contributed by atoms with van der Waals surface area (Å²) in [7, 11) is 1.63. The van der Waals surface area contributed by atoms with Crippen molar-refractivity contribution in [2.75, 3.05) is 20.3 Å². The molecule has 0 radical (unpaired) electrons. The molecule has 0 aliphatic carbocycles. The third-order valence-electron chi connectivity index (χ3n) is 4.04. The van der Waals surface area contributed by atoms with Gasteiger partial charge in [-0.3, -0.25) is 9.59 Å². The first-order valence-electron chi connectivity index (χ1n) is 8.78. The van der Waals surface area contributed by atoms with Crippen LogP contribution >= 0.6 is 0 Å². The molecule has 2 N–H and O–H groups in total. The minimum atomic E-state index is -0.631. The second-order valence-electron chi connectivity index (χ2n) is 6.22. The lowest BCUT2D eigenvalue weighted by molar-refractivity contribution is -0.123. The van der Waals surface area contributed by atoms with Crippen molar-refractivity contribution in [3.05, 3.63) is 71.3 Å².